The van der Waals surface area contributed by atoms with Crippen molar-refractivity contribution < 1.29 is 45.7 Å². The fraction of sp³-hybridized carbons (Fsp3) is 0.435. The Kier molecular flexibility index (Phi) is 7.44. The molecule has 0 aromatic heterocycles. The van der Waals surface area contributed by atoms with Crippen molar-refractivity contribution in [2.24, 2.45) is 0 Å². The average molecular weight is 506 g/mol. The first-order valence-electron chi connectivity index (χ1n) is 10.6. The second-order valence-electron chi connectivity index (χ2n) is 8.08. The van der Waals surface area contributed by atoms with Crippen molar-refractivity contribution in [2.75, 3.05) is 18.6 Å². The van der Waals surface area contributed by atoms with Crippen LogP contribution in [0.3, 0.4) is 0 Å². The molecule has 12 heteroatoms. The number of nitrogens with zero attached hydrogens (tertiary/aromatic N) is 1. The number of phenolic OH excluding ortho intramolecular Hbond substituents is 1. The van der Waals surface area contributed by atoms with Gasteiger partial charge in [0.2, 0.25) is 0 Å². The van der Waals surface area contributed by atoms with Crippen molar-refractivity contribution in [1.29, 1.82) is 0 Å². The second-order valence-corrected chi connectivity index (χ2v) is 8.08. The molecule has 2 unspecified atom stereocenters. The Morgan fingerprint density at radius 3 is 2.20 bits per heavy atom. The van der Waals surface area contributed by atoms with Crippen LogP contribution < -0.4 is 15.0 Å². The number of halogens is 6. The van der Waals surface area contributed by atoms with Crippen LogP contribution in [0.5, 0.6) is 11.5 Å². The van der Waals surface area contributed by atoms with Crippen LogP contribution in [0.2, 0.25) is 0 Å². The number of benzene rings is 2. The Bertz CT molecular complexity index is 1050. The molecule has 0 bridgehead atoms. The van der Waals surface area contributed by atoms with E-state index in [1.54, 1.807) is 13.8 Å². The number of hydrogen-bond donors (Lipinski definition) is 2. The number of ether oxygens (including phenoxy) is 2. The van der Waals surface area contributed by atoms with Crippen molar-refractivity contribution in [3.63, 3.8) is 0 Å². The van der Waals surface area contributed by atoms with E-state index < -0.39 is 41.7 Å². The molecular formula is C23H24F6N2O4. The van der Waals surface area contributed by atoms with E-state index in [2.05, 4.69) is 5.32 Å². The smallest absolute Gasteiger partial charge is 0.416 e. The molecule has 1 heterocycles. The molecule has 0 saturated carbocycles. The number of aromatic hydroxyl groups is 1. The molecule has 6 nitrogen and oxygen atoms in total. The molecule has 35 heavy (non-hydrogen) atoms. The van der Waals surface area contributed by atoms with Gasteiger partial charge in [-0.15, -0.1) is 0 Å². The summed E-state index contributed by atoms with van der Waals surface area (Å²) in [7, 11) is 1.32. The maximum Gasteiger partial charge on any atom is 0.416 e. The molecule has 1 amide bonds. The molecule has 192 valence electrons. The summed E-state index contributed by atoms with van der Waals surface area (Å²) in [6.45, 7) is 3.15. The highest BCUT2D eigenvalue weighted by molar-refractivity contribution is 5.91. The minimum Gasteiger partial charge on any atom is -0.504 e. The van der Waals surface area contributed by atoms with Crippen LogP contribution in [0, 0.1) is 0 Å². The van der Waals surface area contributed by atoms with Gasteiger partial charge in [0.25, 0.3) is 0 Å². The van der Waals surface area contributed by atoms with Gasteiger partial charge in [0.15, 0.2) is 11.5 Å². The lowest BCUT2D eigenvalue weighted by molar-refractivity contribution is -0.143. The lowest BCUT2D eigenvalue weighted by Gasteiger charge is -2.39. The maximum atomic E-state index is 13.2. The van der Waals surface area contributed by atoms with Gasteiger partial charge >= 0.3 is 18.4 Å². The molecular weight excluding hydrogens is 482 g/mol. The molecule has 0 aliphatic carbocycles. The summed E-state index contributed by atoms with van der Waals surface area (Å²) in [5.41, 5.74) is -2.27. The molecule has 0 saturated heterocycles. The Balaban J connectivity index is 1.98. The quantitative estimate of drug-likeness (QED) is 0.485. The van der Waals surface area contributed by atoms with E-state index >= 15 is 0 Å². The fourth-order valence-electron chi connectivity index (χ4n) is 4.06. The van der Waals surface area contributed by atoms with Gasteiger partial charge in [0.05, 0.1) is 30.5 Å². The predicted molar refractivity (Wildman–Crippen MR) is 114 cm³/mol. The predicted octanol–water partition coefficient (Wildman–Crippen LogP) is 6.02. The van der Waals surface area contributed by atoms with E-state index in [-0.39, 0.29) is 42.7 Å². The van der Waals surface area contributed by atoms with Crippen LogP contribution in [0.1, 0.15) is 48.6 Å². The summed E-state index contributed by atoms with van der Waals surface area (Å²) in [5.74, 6) is -0.159. The number of hydrogen-bond acceptors (Lipinski definition) is 5. The van der Waals surface area contributed by atoms with Crippen molar-refractivity contribution in [1.82, 2.24) is 5.32 Å². The van der Waals surface area contributed by atoms with Crippen molar-refractivity contribution in [3.8, 4) is 11.5 Å². The number of methoxy groups -OCH3 is 1. The minimum absolute atomic E-state index is 0.0724. The third kappa shape index (κ3) is 5.75. The maximum absolute atomic E-state index is 13.2. The first-order valence-corrected chi connectivity index (χ1v) is 10.6. The average Bonchev–Trinajstić information content (AvgIpc) is 2.76. The van der Waals surface area contributed by atoms with E-state index in [1.165, 1.54) is 24.1 Å². The van der Waals surface area contributed by atoms with Crippen LogP contribution in [0.4, 0.5) is 36.8 Å². The standard InChI is InChI=1S/C23H24F6N2O4/c1-4-35-21(33)31-12(2)5-17(16-9-19(32)20(34-3)10-18(16)31)30-11-13-6-14(22(24,25)26)8-15(7-13)23(27,28)29/h6-10,12,17,30,32H,4-5,11H2,1-3H3. The number of alkyl halides is 6. The third-order valence-electron chi connectivity index (χ3n) is 5.65. The van der Waals surface area contributed by atoms with Gasteiger partial charge in [-0.2, -0.15) is 26.3 Å². The largest absolute Gasteiger partial charge is 0.504 e. The first kappa shape index (κ1) is 26.5. The number of amides is 1. The number of fused-ring (bicyclic) bond motifs is 1. The second kappa shape index (κ2) is 9.84. The van der Waals surface area contributed by atoms with Gasteiger partial charge in [0, 0.05) is 24.7 Å². The molecule has 0 radical (unpaired) electrons. The fourth-order valence-corrected chi connectivity index (χ4v) is 4.06. The van der Waals surface area contributed by atoms with Gasteiger partial charge in [-0.3, -0.25) is 4.90 Å². The zero-order chi connectivity index (χ0) is 26.1. The SMILES string of the molecule is CCOC(=O)N1c2cc(OC)c(O)cc2C(NCc2cc(C(F)(F)F)cc(C(F)(F)F)c2)CC1C. The Morgan fingerprint density at radius 1 is 1.09 bits per heavy atom. The number of carbonyl (C=O) groups is 1. The van der Waals surface area contributed by atoms with E-state index in [0.29, 0.717) is 23.4 Å². The topological polar surface area (TPSA) is 71.0 Å². The van der Waals surface area contributed by atoms with Crippen LogP contribution >= 0.6 is 0 Å². The number of nitrogens with one attached hydrogen (secondary N) is 1. The minimum atomic E-state index is -4.95. The van der Waals surface area contributed by atoms with Gasteiger partial charge in [-0.25, -0.2) is 4.79 Å². The number of carbonyl (C=O) groups excluding carboxylic acids is 1. The van der Waals surface area contributed by atoms with Gasteiger partial charge in [0.1, 0.15) is 0 Å². The van der Waals surface area contributed by atoms with E-state index in [1.807, 2.05) is 0 Å². The highest BCUT2D eigenvalue weighted by atomic mass is 19.4. The molecule has 1 aliphatic heterocycles. The van der Waals surface area contributed by atoms with E-state index in [9.17, 15) is 36.2 Å². The van der Waals surface area contributed by atoms with Crippen molar-refractivity contribution >= 4 is 11.8 Å². The van der Waals surface area contributed by atoms with Crippen molar-refractivity contribution in [3.05, 3.63) is 52.6 Å². The number of phenols is 1. The molecule has 2 N–H and O–H groups in total. The first-order chi connectivity index (χ1) is 16.3. The normalized spacial score (nSPS) is 18.3. The Labute approximate surface area is 197 Å². The molecule has 0 spiro atoms. The summed E-state index contributed by atoms with van der Waals surface area (Å²) in [6.07, 6.45) is -10.3. The van der Waals surface area contributed by atoms with Crippen LogP contribution in [-0.4, -0.2) is 31.0 Å². The summed E-state index contributed by atoms with van der Waals surface area (Å²) in [5, 5.41) is 13.3. The Hall–Kier alpha value is -3.15. The van der Waals surface area contributed by atoms with E-state index in [4.69, 9.17) is 9.47 Å². The number of anilines is 1. The van der Waals surface area contributed by atoms with Crippen LogP contribution in [0.15, 0.2) is 30.3 Å². The monoisotopic (exact) mass is 506 g/mol. The molecule has 0 fully saturated rings. The molecule has 2 atom stereocenters. The zero-order valence-electron chi connectivity index (χ0n) is 19.0. The lowest BCUT2D eigenvalue weighted by atomic mass is 9.91. The highest BCUT2D eigenvalue weighted by Gasteiger charge is 2.38. The lowest BCUT2D eigenvalue weighted by Crippen LogP contribution is -2.45. The molecule has 1 aliphatic rings. The summed E-state index contributed by atoms with van der Waals surface area (Å²) >= 11 is 0. The van der Waals surface area contributed by atoms with E-state index in [0.717, 1.165) is 0 Å². The summed E-state index contributed by atoms with van der Waals surface area (Å²) in [6, 6.07) is 3.11. The molecule has 2 aromatic carbocycles. The third-order valence-corrected chi connectivity index (χ3v) is 5.65. The Morgan fingerprint density at radius 2 is 1.69 bits per heavy atom. The zero-order valence-corrected chi connectivity index (χ0v) is 19.0. The number of rotatable bonds is 5. The summed E-state index contributed by atoms with van der Waals surface area (Å²) in [4.78, 5) is 13.9. The van der Waals surface area contributed by atoms with Gasteiger partial charge in [-0.1, -0.05) is 0 Å². The van der Waals surface area contributed by atoms with Gasteiger partial charge < -0.3 is 19.9 Å². The van der Waals surface area contributed by atoms with Crippen LogP contribution in [-0.2, 0) is 23.6 Å². The molecule has 2 aromatic rings. The summed E-state index contributed by atoms with van der Waals surface area (Å²) < 4.78 is 89.4. The highest BCUT2D eigenvalue weighted by Crippen LogP contribution is 2.44. The van der Waals surface area contributed by atoms with Gasteiger partial charge in [-0.05, 0) is 55.7 Å². The van der Waals surface area contributed by atoms with Crippen LogP contribution in [0.25, 0.3) is 0 Å². The molecule has 3 rings (SSSR count). The van der Waals surface area contributed by atoms with Crippen molar-refractivity contribution in [2.45, 2.75) is 51.2 Å².